The van der Waals surface area contributed by atoms with Crippen LogP contribution in [0, 0.1) is 0 Å². The second-order valence-corrected chi connectivity index (χ2v) is 3.06. The molecule has 0 aliphatic heterocycles. The Kier molecular flexibility index (Phi) is 4.86. The Morgan fingerprint density at radius 1 is 1.47 bits per heavy atom. The molecule has 0 aliphatic carbocycles. The summed E-state index contributed by atoms with van der Waals surface area (Å²) in [6.07, 6.45) is -0.539. The van der Waals surface area contributed by atoms with Crippen LogP contribution in [0.1, 0.15) is 0 Å². The number of rotatable bonds is 6. The van der Waals surface area contributed by atoms with Crippen molar-refractivity contribution >= 4 is 5.82 Å². The van der Waals surface area contributed by atoms with Crippen LogP contribution in [0.4, 0.5) is 5.82 Å². The average molecular weight is 212 g/mol. The number of aliphatic hydroxyl groups is 1. The molecule has 1 unspecified atom stereocenters. The summed E-state index contributed by atoms with van der Waals surface area (Å²) in [6.45, 7) is 0.699. The molecule has 0 spiro atoms. The molecule has 0 fully saturated rings. The number of methoxy groups -OCH3 is 2. The number of aromatic nitrogens is 1. The van der Waals surface area contributed by atoms with E-state index in [2.05, 4.69) is 10.3 Å². The molecular formula is C10H16N2O3. The van der Waals surface area contributed by atoms with E-state index < -0.39 is 6.10 Å². The number of pyridine rings is 1. The van der Waals surface area contributed by atoms with Gasteiger partial charge in [-0.2, -0.15) is 4.98 Å². The highest BCUT2D eigenvalue weighted by Crippen LogP contribution is 2.10. The molecule has 0 amide bonds. The minimum Gasteiger partial charge on any atom is -0.481 e. The maximum atomic E-state index is 9.39. The fourth-order valence-corrected chi connectivity index (χ4v) is 1.10. The third kappa shape index (κ3) is 4.14. The first-order valence-electron chi connectivity index (χ1n) is 4.68. The quantitative estimate of drug-likeness (QED) is 0.719. The molecule has 1 rings (SSSR count). The monoisotopic (exact) mass is 212 g/mol. The molecule has 2 N–H and O–H groups in total. The summed E-state index contributed by atoms with van der Waals surface area (Å²) >= 11 is 0. The number of anilines is 1. The van der Waals surface area contributed by atoms with E-state index in [0.717, 1.165) is 0 Å². The lowest BCUT2D eigenvalue weighted by Gasteiger charge is -2.11. The fraction of sp³-hybridized carbons (Fsp3) is 0.500. The van der Waals surface area contributed by atoms with Crippen molar-refractivity contribution in [1.29, 1.82) is 0 Å². The molecule has 1 atom stereocenters. The fourth-order valence-electron chi connectivity index (χ4n) is 1.10. The van der Waals surface area contributed by atoms with Gasteiger partial charge in [-0.25, -0.2) is 0 Å². The van der Waals surface area contributed by atoms with Crippen LogP contribution in [-0.4, -0.2) is 43.6 Å². The van der Waals surface area contributed by atoms with Crippen molar-refractivity contribution in [3.8, 4) is 5.88 Å². The highest BCUT2D eigenvalue weighted by atomic mass is 16.5. The minimum absolute atomic E-state index is 0.303. The van der Waals surface area contributed by atoms with Crippen LogP contribution >= 0.6 is 0 Å². The summed E-state index contributed by atoms with van der Waals surface area (Å²) in [5.41, 5.74) is 0. The van der Waals surface area contributed by atoms with E-state index in [1.807, 2.05) is 12.1 Å². The van der Waals surface area contributed by atoms with Gasteiger partial charge in [0, 0.05) is 19.7 Å². The zero-order chi connectivity index (χ0) is 11.1. The van der Waals surface area contributed by atoms with Crippen molar-refractivity contribution in [1.82, 2.24) is 4.98 Å². The number of hydrogen-bond acceptors (Lipinski definition) is 5. The summed E-state index contributed by atoms with van der Waals surface area (Å²) in [4.78, 5) is 4.14. The summed E-state index contributed by atoms with van der Waals surface area (Å²) in [5, 5.41) is 12.4. The second-order valence-electron chi connectivity index (χ2n) is 3.06. The van der Waals surface area contributed by atoms with E-state index in [1.54, 1.807) is 20.3 Å². The third-order valence-corrected chi connectivity index (χ3v) is 1.81. The van der Waals surface area contributed by atoms with Crippen LogP contribution < -0.4 is 10.1 Å². The molecule has 5 heteroatoms. The zero-order valence-electron chi connectivity index (χ0n) is 8.93. The van der Waals surface area contributed by atoms with E-state index in [-0.39, 0.29) is 0 Å². The Bertz CT molecular complexity index is 294. The predicted octanol–water partition coefficient (Wildman–Crippen LogP) is 0.509. The smallest absolute Gasteiger partial charge is 0.214 e. The van der Waals surface area contributed by atoms with Gasteiger partial charge in [-0.05, 0) is 6.07 Å². The van der Waals surface area contributed by atoms with Crippen LogP contribution in [0.25, 0.3) is 0 Å². The maximum Gasteiger partial charge on any atom is 0.214 e. The Morgan fingerprint density at radius 2 is 2.27 bits per heavy atom. The maximum absolute atomic E-state index is 9.39. The van der Waals surface area contributed by atoms with Crippen molar-refractivity contribution in [2.75, 3.05) is 32.7 Å². The molecule has 84 valence electrons. The average Bonchev–Trinajstić information content (AvgIpc) is 2.27. The van der Waals surface area contributed by atoms with Crippen molar-refractivity contribution in [3.05, 3.63) is 18.2 Å². The van der Waals surface area contributed by atoms with Crippen molar-refractivity contribution in [2.24, 2.45) is 0 Å². The first kappa shape index (κ1) is 11.7. The number of hydrogen-bond donors (Lipinski definition) is 2. The van der Waals surface area contributed by atoms with E-state index in [9.17, 15) is 5.11 Å². The number of nitrogens with one attached hydrogen (secondary N) is 1. The Labute approximate surface area is 89.0 Å². The SMILES string of the molecule is COCC(O)CNc1cccc(OC)n1. The van der Waals surface area contributed by atoms with E-state index >= 15 is 0 Å². The number of ether oxygens (including phenoxy) is 2. The standard InChI is InChI=1S/C10H16N2O3/c1-14-7-8(13)6-11-9-4-3-5-10(12-9)15-2/h3-5,8,13H,6-7H2,1-2H3,(H,11,12). The Balaban J connectivity index is 2.43. The van der Waals surface area contributed by atoms with E-state index in [0.29, 0.717) is 24.8 Å². The molecule has 1 aromatic rings. The van der Waals surface area contributed by atoms with Gasteiger partial charge in [0.05, 0.1) is 19.8 Å². The predicted molar refractivity (Wildman–Crippen MR) is 57.2 cm³/mol. The lowest BCUT2D eigenvalue weighted by molar-refractivity contribution is 0.0727. The largest absolute Gasteiger partial charge is 0.481 e. The normalized spacial score (nSPS) is 12.2. The molecule has 0 bridgehead atoms. The van der Waals surface area contributed by atoms with Gasteiger partial charge in [-0.3, -0.25) is 0 Å². The molecule has 15 heavy (non-hydrogen) atoms. The first-order chi connectivity index (χ1) is 7.26. The molecule has 0 saturated carbocycles. The van der Waals surface area contributed by atoms with Crippen LogP contribution in [0.3, 0.4) is 0 Å². The molecule has 0 radical (unpaired) electrons. The van der Waals surface area contributed by atoms with Crippen molar-refractivity contribution in [3.63, 3.8) is 0 Å². The first-order valence-corrected chi connectivity index (χ1v) is 4.68. The summed E-state index contributed by atoms with van der Waals surface area (Å²) in [5.74, 6) is 1.21. The van der Waals surface area contributed by atoms with E-state index in [1.165, 1.54) is 0 Å². The molecule has 1 heterocycles. The summed E-state index contributed by atoms with van der Waals surface area (Å²) < 4.78 is 9.77. The second kappa shape index (κ2) is 6.21. The van der Waals surface area contributed by atoms with Crippen molar-refractivity contribution < 1.29 is 14.6 Å². The molecule has 5 nitrogen and oxygen atoms in total. The van der Waals surface area contributed by atoms with Crippen LogP contribution in [0.2, 0.25) is 0 Å². The number of aliphatic hydroxyl groups excluding tert-OH is 1. The highest BCUT2D eigenvalue weighted by molar-refractivity contribution is 5.37. The van der Waals surface area contributed by atoms with Gasteiger partial charge in [0.15, 0.2) is 0 Å². The molecular weight excluding hydrogens is 196 g/mol. The summed E-state index contributed by atoms with van der Waals surface area (Å²) in [6, 6.07) is 5.40. The lowest BCUT2D eigenvalue weighted by atomic mass is 10.3. The van der Waals surface area contributed by atoms with Crippen LogP contribution in [-0.2, 0) is 4.74 Å². The Morgan fingerprint density at radius 3 is 2.93 bits per heavy atom. The minimum atomic E-state index is -0.539. The summed E-state index contributed by atoms with van der Waals surface area (Å²) in [7, 11) is 3.11. The van der Waals surface area contributed by atoms with Crippen LogP contribution in [0.5, 0.6) is 5.88 Å². The van der Waals surface area contributed by atoms with Gasteiger partial charge >= 0.3 is 0 Å². The number of nitrogens with zero attached hydrogens (tertiary/aromatic N) is 1. The van der Waals surface area contributed by atoms with Crippen molar-refractivity contribution in [2.45, 2.75) is 6.10 Å². The Hall–Kier alpha value is -1.33. The third-order valence-electron chi connectivity index (χ3n) is 1.81. The van der Waals surface area contributed by atoms with Gasteiger partial charge < -0.3 is 19.9 Å². The van der Waals surface area contributed by atoms with Gasteiger partial charge in [0.25, 0.3) is 0 Å². The molecule has 0 aliphatic rings. The van der Waals surface area contributed by atoms with Gasteiger partial charge in [-0.1, -0.05) is 6.07 Å². The molecule has 0 aromatic carbocycles. The van der Waals surface area contributed by atoms with Gasteiger partial charge in [0.1, 0.15) is 5.82 Å². The van der Waals surface area contributed by atoms with Gasteiger partial charge in [0.2, 0.25) is 5.88 Å². The van der Waals surface area contributed by atoms with E-state index in [4.69, 9.17) is 9.47 Å². The highest BCUT2D eigenvalue weighted by Gasteiger charge is 2.03. The van der Waals surface area contributed by atoms with Gasteiger partial charge in [-0.15, -0.1) is 0 Å². The zero-order valence-corrected chi connectivity index (χ0v) is 8.93. The topological polar surface area (TPSA) is 63.6 Å². The molecule has 1 aromatic heterocycles. The lowest BCUT2D eigenvalue weighted by Crippen LogP contribution is -2.24. The molecule has 0 saturated heterocycles. The van der Waals surface area contributed by atoms with Crippen LogP contribution in [0.15, 0.2) is 18.2 Å².